The molecular weight excluding hydrogens is 674 g/mol. The van der Waals surface area contributed by atoms with E-state index in [2.05, 4.69) is 88.7 Å². The van der Waals surface area contributed by atoms with E-state index < -0.39 is 22.5 Å². The third-order valence-corrected chi connectivity index (χ3v) is 17.0. The van der Waals surface area contributed by atoms with Gasteiger partial charge in [0.15, 0.2) is 14.4 Å². The number of benzene rings is 2. The van der Waals surface area contributed by atoms with Gasteiger partial charge in [-0.1, -0.05) is 64.1 Å². The number of fused-ring (bicyclic) bond motifs is 2. The van der Waals surface area contributed by atoms with E-state index in [1.165, 1.54) is 0 Å². The molecule has 266 valence electrons. The van der Waals surface area contributed by atoms with Crippen LogP contribution in [0.15, 0.2) is 36.4 Å². The molecule has 3 aromatic rings. The number of hydrogen-bond donors (Lipinski definition) is 0. The minimum absolute atomic E-state index is 0.0720. The van der Waals surface area contributed by atoms with Crippen LogP contribution in [0.5, 0.6) is 5.88 Å². The number of anilines is 1. The number of ether oxygens (including phenoxy) is 5. The lowest BCUT2D eigenvalue weighted by Crippen LogP contribution is -2.47. The normalized spacial score (nSPS) is 23.2. The van der Waals surface area contributed by atoms with Crippen molar-refractivity contribution in [2.75, 3.05) is 51.0 Å². The molecule has 4 heterocycles. The average molecular weight is 726 g/mol. The summed E-state index contributed by atoms with van der Waals surface area (Å²) in [4.78, 5) is 2.32. The number of morpholine rings is 1. The lowest BCUT2D eigenvalue weighted by molar-refractivity contribution is 0.00849. The van der Waals surface area contributed by atoms with Crippen LogP contribution in [0.3, 0.4) is 0 Å². The zero-order valence-corrected chi connectivity index (χ0v) is 33.1. The molecule has 3 saturated heterocycles. The Morgan fingerprint density at radius 2 is 1.61 bits per heavy atom. The fourth-order valence-electron chi connectivity index (χ4n) is 6.46. The van der Waals surface area contributed by atoms with Crippen LogP contribution in [0.1, 0.15) is 26.3 Å². The molecule has 1 aromatic heterocycles. The Kier molecular flexibility index (Phi) is 10.6. The standard InChI is InChI=1S/C37H52ClN3O6Si2/c1-37(2,3)49(7,8)47-33-23-45-34-32(22-44-35(33)34)46-36-29(21-39)28-19-27(25-9-11-26(12-10-25)40-13-15-42-16-14-40)30(38)20-31(28)41(36)24-43-17-18-48(4,5)6/h9-12,19-20,32-35H,13-18,22-24H2,1-8H3/t32-,33-,34-,35?/m1/s1. The summed E-state index contributed by atoms with van der Waals surface area (Å²) < 4.78 is 39.8. The highest BCUT2D eigenvalue weighted by atomic mass is 35.5. The van der Waals surface area contributed by atoms with Crippen LogP contribution in [0.2, 0.25) is 48.8 Å². The monoisotopic (exact) mass is 725 g/mol. The molecule has 0 aliphatic carbocycles. The van der Waals surface area contributed by atoms with Gasteiger partial charge in [0.1, 0.15) is 30.6 Å². The SMILES string of the molecule is CC(C)(C)[Si](C)(C)O[C@@H]1CO[C@H]2C1OC[C@H]2Oc1c(C#N)c2cc(-c3ccc(N4CCOCC4)cc3)c(Cl)cc2n1COCC[Si](C)(C)C. The predicted molar refractivity (Wildman–Crippen MR) is 200 cm³/mol. The molecule has 0 amide bonds. The molecule has 1 unspecified atom stereocenters. The van der Waals surface area contributed by atoms with E-state index in [0.717, 1.165) is 60.1 Å². The topological polar surface area (TPSA) is 87.3 Å². The Balaban J connectivity index is 1.31. The number of nitrogens with zero attached hydrogens (tertiary/aromatic N) is 3. The second kappa shape index (κ2) is 14.3. The number of hydrogen-bond acceptors (Lipinski definition) is 8. The summed E-state index contributed by atoms with van der Waals surface area (Å²) in [5, 5.41) is 12.1. The van der Waals surface area contributed by atoms with E-state index in [4.69, 9.17) is 39.7 Å². The smallest absolute Gasteiger partial charge is 0.215 e. The molecule has 0 spiro atoms. The maximum atomic E-state index is 10.6. The molecular formula is C37H52ClN3O6Si2. The summed E-state index contributed by atoms with van der Waals surface area (Å²) in [7, 11) is -3.34. The van der Waals surface area contributed by atoms with Crippen molar-refractivity contribution in [2.45, 2.75) is 95.7 Å². The zero-order chi connectivity index (χ0) is 35.1. The number of nitriles is 1. The van der Waals surface area contributed by atoms with Crippen LogP contribution in [0.4, 0.5) is 5.69 Å². The first-order valence-electron chi connectivity index (χ1n) is 17.5. The largest absolute Gasteiger partial charge is 0.469 e. The quantitative estimate of drug-likeness (QED) is 0.146. The van der Waals surface area contributed by atoms with Gasteiger partial charge in [0.05, 0.1) is 43.1 Å². The van der Waals surface area contributed by atoms with Crippen molar-refractivity contribution in [1.82, 2.24) is 4.57 Å². The van der Waals surface area contributed by atoms with E-state index in [-0.39, 0.29) is 30.1 Å². The summed E-state index contributed by atoms with van der Waals surface area (Å²) >= 11 is 7.02. The molecule has 12 heteroatoms. The fourth-order valence-corrected chi connectivity index (χ4v) is 8.80. The Hall–Kier alpha value is -2.41. The molecule has 0 bridgehead atoms. The van der Waals surface area contributed by atoms with E-state index in [1.54, 1.807) is 0 Å². The van der Waals surface area contributed by atoms with E-state index in [0.29, 0.717) is 36.3 Å². The van der Waals surface area contributed by atoms with Gasteiger partial charge in [-0.15, -0.1) is 0 Å². The molecule has 3 aliphatic rings. The number of halogens is 1. The molecule has 0 saturated carbocycles. The van der Waals surface area contributed by atoms with Gasteiger partial charge in [-0.3, -0.25) is 4.57 Å². The summed E-state index contributed by atoms with van der Waals surface area (Å²) in [5.74, 6) is 0.452. The minimum Gasteiger partial charge on any atom is -0.469 e. The predicted octanol–water partition coefficient (Wildman–Crippen LogP) is 7.92. The van der Waals surface area contributed by atoms with Gasteiger partial charge < -0.3 is 33.0 Å². The van der Waals surface area contributed by atoms with Crippen LogP contribution >= 0.6 is 11.6 Å². The molecule has 0 radical (unpaired) electrons. The molecule has 3 fully saturated rings. The maximum absolute atomic E-state index is 10.6. The first kappa shape index (κ1) is 36.4. The zero-order valence-electron chi connectivity index (χ0n) is 30.3. The number of aromatic nitrogens is 1. The molecule has 6 rings (SSSR count). The molecule has 4 atom stereocenters. The molecule has 0 N–H and O–H groups in total. The van der Waals surface area contributed by atoms with Crippen molar-refractivity contribution in [3.05, 3.63) is 47.0 Å². The Labute approximate surface area is 298 Å². The molecule has 49 heavy (non-hydrogen) atoms. The number of rotatable bonds is 11. The van der Waals surface area contributed by atoms with Crippen molar-refractivity contribution in [3.63, 3.8) is 0 Å². The highest BCUT2D eigenvalue weighted by Gasteiger charge is 2.52. The first-order valence-corrected chi connectivity index (χ1v) is 24.5. The van der Waals surface area contributed by atoms with Crippen molar-refractivity contribution >= 4 is 44.6 Å². The van der Waals surface area contributed by atoms with Gasteiger partial charge >= 0.3 is 0 Å². The molecule has 9 nitrogen and oxygen atoms in total. The van der Waals surface area contributed by atoms with E-state index in [9.17, 15) is 5.26 Å². The van der Waals surface area contributed by atoms with Crippen molar-refractivity contribution in [2.24, 2.45) is 0 Å². The van der Waals surface area contributed by atoms with Crippen LogP contribution in [-0.2, 0) is 30.1 Å². The summed E-state index contributed by atoms with van der Waals surface area (Å²) in [6, 6.07) is 15.9. The van der Waals surface area contributed by atoms with Crippen LogP contribution in [0, 0.1) is 11.3 Å². The van der Waals surface area contributed by atoms with Crippen molar-refractivity contribution in [1.29, 1.82) is 5.26 Å². The molecule has 3 aliphatic heterocycles. The van der Waals surface area contributed by atoms with Gasteiger partial charge in [-0.25, -0.2) is 0 Å². The Bertz CT molecular complexity index is 1670. The van der Waals surface area contributed by atoms with Crippen LogP contribution in [0.25, 0.3) is 22.0 Å². The fraction of sp³-hybridized carbons (Fsp3) is 0.595. The van der Waals surface area contributed by atoms with Gasteiger partial charge in [-0.05, 0) is 54.0 Å². The van der Waals surface area contributed by atoms with Gasteiger partial charge in [0, 0.05) is 44.4 Å². The first-order chi connectivity index (χ1) is 23.2. The van der Waals surface area contributed by atoms with Crippen LogP contribution in [-0.4, -0.2) is 91.5 Å². The second-order valence-corrected chi connectivity index (χ2v) is 27.0. The highest BCUT2D eigenvalue weighted by Crippen LogP contribution is 2.43. The maximum Gasteiger partial charge on any atom is 0.215 e. The van der Waals surface area contributed by atoms with E-state index in [1.807, 2.05) is 16.7 Å². The lowest BCUT2D eigenvalue weighted by atomic mass is 10.0. The second-order valence-electron chi connectivity index (χ2n) is 16.2. The third kappa shape index (κ3) is 7.77. The van der Waals surface area contributed by atoms with Crippen LogP contribution < -0.4 is 9.64 Å². The van der Waals surface area contributed by atoms with Crippen molar-refractivity contribution < 1.29 is 28.1 Å². The highest BCUT2D eigenvalue weighted by molar-refractivity contribution is 6.76. The summed E-state index contributed by atoms with van der Waals surface area (Å²) in [6.45, 7) is 23.1. The minimum atomic E-state index is -2.04. The van der Waals surface area contributed by atoms with Gasteiger partial charge in [0.2, 0.25) is 5.88 Å². The van der Waals surface area contributed by atoms with Gasteiger partial charge in [-0.2, -0.15) is 5.26 Å². The van der Waals surface area contributed by atoms with Crippen molar-refractivity contribution in [3.8, 4) is 23.1 Å². The lowest BCUT2D eigenvalue weighted by Gasteiger charge is -2.39. The summed E-state index contributed by atoms with van der Waals surface area (Å²) in [6.07, 6.45) is -1.08. The Morgan fingerprint density at radius 1 is 0.959 bits per heavy atom. The summed E-state index contributed by atoms with van der Waals surface area (Å²) in [5.41, 5.74) is 4.23. The molecule has 2 aromatic carbocycles. The van der Waals surface area contributed by atoms with E-state index >= 15 is 0 Å². The Morgan fingerprint density at radius 3 is 2.24 bits per heavy atom. The van der Waals surface area contributed by atoms with Gasteiger partial charge in [0.25, 0.3) is 0 Å². The average Bonchev–Trinajstić information content (AvgIpc) is 3.71. The third-order valence-electron chi connectivity index (χ3n) is 10.5.